The van der Waals surface area contributed by atoms with E-state index in [1.807, 2.05) is 0 Å². The minimum absolute atomic E-state index is 0.00772. The van der Waals surface area contributed by atoms with E-state index in [4.69, 9.17) is 5.11 Å². The molecule has 4 heteroatoms. The Morgan fingerprint density at radius 2 is 2.27 bits per heavy atom. The van der Waals surface area contributed by atoms with Gasteiger partial charge in [-0.1, -0.05) is 0 Å². The number of pyridine rings is 1. The summed E-state index contributed by atoms with van der Waals surface area (Å²) in [5.41, 5.74) is 0.688. The van der Waals surface area contributed by atoms with Crippen molar-refractivity contribution in [1.29, 1.82) is 0 Å². The van der Waals surface area contributed by atoms with E-state index in [9.17, 15) is 4.79 Å². The molecule has 0 saturated heterocycles. The topological polar surface area (TPSA) is 50.2 Å². The smallest absolute Gasteiger partial charge is 0.355 e. The van der Waals surface area contributed by atoms with Crippen molar-refractivity contribution in [2.24, 2.45) is 0 Å². The molecule has 1 aromatic rings. The molecule has 1 heterocycles. The molecule has 1 aromatic heterocycles. The second kappa shape index (κ2) is 2.92. The number of aryl methyl sites for hydroxylation is 1. The molecule has 0 bridgehead atoms. The van der Waals surface area contributed by atoms with Crippen LogP contribution in [-0.2, 0) is 0 Å². The minimum atomic E-state index is -1.04. The number of rotatable bonds is 1. The Labute approximate surface area is 69.5 Å². The van der Waals surface area contributed by atoms with E-state index in [0.717, 1.165) is 0 Å². The van der Waals surface area contributed by atoms with Crippen LogP contribution in [0.15, 0.2) is 17.0 Å². The van der Waals surface area contributed by atoms with Crippen LogP contribution >= 0.6 is 12.6 Å². The number of thiol groups is 1. The van der Waals surface area contributed by atoms with Gasteiger partial charge in [0.2, 0.25) is 0 Å². The number of carbonyl (C=O) groups is 1. The van der Waals surface area contributed by atoms with Gasteiger partial charge in [0, 0.05) is 10.6 Å². The van der Waals surface area contributed by atoms with Crippen molar-refractivity contribution in [3.8, 4) is 0 Å². The van der Waals surface area contributed by atoms with Gasteiger partial charge in [-0.15, -0.1) is 12.6 Å². The highest BCUT2D eigenvalue weighted by Gasteiger charge is 2.08. The van der Waals surface area contributed by atoms with E-state index < -0.39 is 5.97 Å². The third kappa shape index (κ3) is 1.71. The predicted molar refractivity (Wildman–Crippen MR) is 43.2 cm³/mol. The Morgan fingerprint density at radius 3 is 2.73 bits per heavy atom. The first-order valence-corrected chi connectivity index (χ1v) is 3.46. The molecule has 0 unspecified atom stereocenters. The quantitative estimate of drug-likeness (QED) is 0.624. The van der Waals surface area contributed by atoms with Gasteiger partial charge in [0.05, 0.1) is 0 Å². The van der Waals surface area contributed by atoms with Crippen LogP contribution in [0.4, 0.5) is 0 Å². The molecule has 0 radical (unpaired) electrons. The molecular weight excluding hydrogens is 162 g/mol. The second-order valence-electron chi connectivity index (χ2n) is 2.13. The Bertz CT molecular complexity index is 298. The number of carboxylic acid groups (broad SMARTS) is 1. The summed E-state index contributed by atoms with van der Waals surface area (Å²) in [6, 6.07) is 3.34. The molecule has 0 aromatic carbocycles. The highest BCUT2D eigenvalue weighted by molar-refractivity contribution is 7.80. The lowest BCUT2D eigenvalue weighted by molar-refractivity contribution is 0.0686. The first-order valence-electron chi connectivity index (χ1n) is 3.01. The van der Waals surface area contributed by atoms with Crippen molar-refractivity contribution in [3.63, 3.8) is 0 Å². The van der Waals surface area contributed by atoms with Gasteiger partial charge >= 0.3 is 5.97 Å². The van der Waals surface area contributed by atoms with Crippen LogP contribution in [-0.4, -0.2) is 16.1 Å². The Morgan fingerprint density at radius 1 is 1.64 bits per heavy atom. The summed E-state index contributed by atoms with van der Waals surface area (Å²) >= 11 is 3.94. The van der Waals surface area contributed by atoms with Gasteiger partial charge in [-0.2, -0.15) is 0 Å². The summed E-state index contributed by atoms with van der Waals surface area (Å²) in [6.07, 6.45) is 0. The molecule has 0 fully saturated rings. The fourth-order valence-electron chi connectivity index (χ4n) is 0.707. The maximum Gasteiger partial charge on any atom is 0.355 e. The fourth-order valence-corrected chi connectivity index (χ4v) is 0.927. The van der Waals surface area contributed by atoms with Crippen molar-refractivity contribution in [3.05, 3.63) is 23.5 Å². The monoisotopic (exact) mass is 169 g/mol. The zero-order chi connectivity index (χ0) is 8.43. The summed E-state index contributed by atoms with van der Waals surface area (Å²) in [5.74, 6) is -1.04. The van der Waals surface area contributed by atoms with E-state index in [0.29, 0.717) is 10.6 Å². The molecule has 0 aliphatic rings. The third-order valence-electron chi connectivity index (χ3n) is 1.22. The maximum atomic E-state index is 10.5. The highest BCUT2D eigenvalue weighted by Crippen LogP contribution is 2.11. The average molecular weight is 169 g/mol. The highest BCUT2D eigenvalue weighted by atomic mass is 32.1. The molecule has 11 heavy (non-hydrogen) atoms. The van der Waals surface area contributed by atoms with Gasteiger partial charge in [0.1, 0.15) is 0 Å². The molecule has 0 atom stereocenters. The first-order chi connectivity index (χ1) is 5.11. The maximum absolute atomic E-state index is 10.5. The van der Waals surface area contributed by atoms with Crippen LogP contribution in [0.1, 0.15) is 16.2 Å². The molecule has 0 aliphatic heterocycles. The number of hydrogen-bond acceptors (Lipinski definition) is 3. The van der Waals surface area contributed by atoms with E-state index in [1.165, 1.54) is 0 Å². The van der Waals surface area contributed by atoms with Gasteiger partial charge in [-0.3, -0.25) is 0 Å². The van der Waals surface area contributed by atoms with E-state index in [1.54, 1.807) is 19.1 Å². The molecule has 0 aliphatic carbocycles. The Balaban J connectivity index is 3.23. The van der Waals surface area contributed by atoms with Crippen molar-refractivity contribution in [1.82, 2.24) is 4.98 Å². The van der Waals surface area contributed by atoms with Gasteiger partial charge in [-0.05, 0) is 19.1 Å². The van der Waals surface area contributed by atoms with Crippen molar-refractivity contribution >= 4 is 18.6 Å². The lowest BCUT2D eigenvalue weighted by Gasteiger charge is -1.98. The number of aromatic nitrogens is 1. The van der Waals surface area contributed by atoms with Crippen LogP contribution < -0.4 is 0 Å². The zero-order valence-corrected chi connectivity index (χ0v) is 6.80. The number of carboxylic acids is 1. The predicted octanol–water partition coefficient (Wildman–Crippen LogP) is 1.38. The molecule has 0 spiro atoms. The summed E-state index contributed by atoms with van der Waals surface area (Å²) in [6.45, 7) is 1.74. The number of aromatic carboxylic acids is 1. The largest absolute Gasteiger partial charge is 0.476 e. The van der Waals surface area contributed by atoms with Gasteiger partial charge in [-0.25, -0.2) is 9.78 Å². The average Bonchev–Trinajstić information content (AvgIpc) is 1.94. The second-order valence-corrected chi connectivity index (χ2v) is 2.61. The zero-order valence-electron chi connectivity index (χ0n) is 5.90. The van der Waals surface area contributed by atoms with Crippen LogP contribution in [0, 0.1) is 6.92 Å². The summed E-state index contributed by atoms with van der Waals surface area (Å²) in [5, 5.41) is 8.58. The lowest BCUT2D eigenvalue weighted by Crippen LogP contribution is -2.02. The van der Waals surface area contributed by atoms with E-state index >= 15 is 0 Å². The van der Waals surface area contributed by atoms with Crippen molar-refractivity contribution in [2.75, 3.05) is 0 Å². The molecule has 3 nitrogen and oxygen atoms in total. The van der Waals surface area contributed by atoms with Gasteiger partial charge < -0.3 is 5.11 Å². The summed E-state index contributed by atoms with van der Waals surface area (Å²) < 4.78 is 0. The summed E-state index contributed by atoms with van der Waals surface area (Å²) in [4.78, 5) is 14.7. The van der Waals surface area contributed by atoms with E-state index in [-0.39, 0.29) is 5.69 Å². The molecule has 0 saturated carbocycles. The standard InChI is InChI=1S/C7H7NO2S/c1-4-2-3-5(11)6(8-4)7(9)10/h2-3,11H,1H3,(H,9,10). The van der Waals surface area contributed by atoms with Crippen molar-refractivity contribution < 1.29 is 9.90 Å². The molecule has 1 rings (SSSR count). The lowest BCUT2D eigenvalue weighted by atomic mass is 10.3. The normalized spacial score (nSPS) is 9.64. The van der Waals surface area contributed by atoms with E-state index in [2.05, 4.69) is 17.6 Å². The van der Waals surface area contributed by atoms with Crippen LogP contribution in [0.2, 0.25) is 0 Å². The first kappa shape index (κ1) is 8.07. The van der Waals surface area contributed by atoms with Crippen molar-refractivity contribution in [2.45, 2.75) is 11.8 Å². The van der Waals surface area contributed by atoms with Crippen LogP contribution in [0.25, 0.3) is 0 Å². The van der Waals surface area contributed by atoms with Gasteiger partial charge in [0.25, 0.3) is 0 Å². The van der Waals surface area contributed by atoms with Crippen LogP contribution in [0.3, 0.4) is 0 Å². The Hall–Kier alpha value is -1.03. The number of nitrogens with zero attached hydrogens (tertiary/aromatic N) is 1. The van der Waals surface area contributed by atoms with Crippen LogP contribution in [0.5, 0.6) is 0 Å². The third-order valence-corrected chi connectivity index (χ3v) is 1.58. The molecule has 58 valence electrons. The fraction of sp³-hybridized carbons (Fsp3) is 0.143. The Kier molecular flexibility index (Phi) is 2.14. The van der Waals surface area contributed by atoms with Gasteiger partial charge in [0.15, 0.2) is 5.69 Å². The molecular formula is C7H7NO2S. The molecule has 1 N–H and O–H groups in total. The SMILES string of the molecule is Cc1ccc(S)c(C(=O)O)n1. The minimum Gasteiger partial charge on any atom is -0.476 e. The number of hydrogen-bond donors (Lipinski definition) is 2. The summed E-state index contributed by atoms with van der Waals surface area (Å²) in [7, 11) is 0. The molecule has 0 amide bonds.